The van der Waals surface area contributed by atoms with Crippen LogP contribution in [-0.4, -0.2) is 23.8 Å². The number of furan rings is 2. The average molecular weight is 469 g/mol. The second kappa shape index (κ2) is 8.49. The lowest BCUT2D eigenvalue weighted by Crippen LogP contribution is -2.41. The molecule has 10 heteroatoms. The molecule has 0 N–H and O–H groups in total. The van der Waals surface area contributed by atoms with Gasteiger partial charge < -0.3 is 17.9 Å². The van der Waals surface area contributed by atoms with Crippen LogP contribution in [0.3, 0.4) is 0 Å². The molecule has 0 unspecified atom stereocenters. The number of hydrogen-bond acceptors (Lipinski definition) is 7. The zero-order chi connectivity index (χ0) is 23.8. The van der Waals surface area contributed by atoms with E-state index in [0.717, 1.165) is 10.1 Å². The fraction of sp³-hybridized carbons (Fsp3) is 0.120. The molecule has 0 radical (unpaired) electrons. The lowest BCUT2D eigenvalue weighted by atomic mass is 10.2. The van der Waals surface area contributed by atoms with Gasteiger partial charge in [0.1, 0.15) is 11.5 Å². The van der Waals surface area contributed by atoms with Crippen LogP contribution in [0.15, 0.2) is 102 Å². The molecule has 10 nitrogen and oxygen atoms in total. The highest BCUT2D eigenvalue weighted by atomic mass is 16.5. The normalized spacial score (nSPS) is 11.4. The van der Waals surface area contributed by atoms with Crippen LogP contribution in [0, 0.1) is 0 Å². The smallest absolute Gasteiger partial charge is 0.333 e. The number of imidazole rings is 1. The minimum absolute atomic E-state index is 0.0709. The minimum atomic E-state index is -0.489. The fourth-order valence-electron chi connectivity index (χ4n) is 4.06. The molecule has 0 fully saturated rings. The maximum absolute atomic E-state index is 13.6. The monoisotopic (exact) mass is 469 g/mol. The van der Waals surface area contributed by atoms with E-state index in [0.29, 0.717) is 40.7 Å². The zero-order valence-electron chi connectivity index (χ0n) is 18.4. The Morgan fingerprint density at radius 3 is 2.40 bits per heavy atom. The van der Waals surface area contributed by atoms with E-state index in [1.165, 1.54) is 10.8 Å². The van der Waals surface area contributed by atoms with Gasteiger partial charge in [-0.15, -0.1) is 0 Å². The first-order valence-corrected chi connectivity index (χ1v) is 10.9. The molecule has 5 aromatic heterocycles. The summed E-state index contributed by atoms with van der Waals surface area (Å²) in [6.45, 7) is 0.484. The van der Waals surface area contributed by atoms with Crippen molar-refractivity contribution >= 4 is 11.2 Å². The van der Waals surface area contributed by atoms with Crippen molar-refractivity contribution < 1.29 is 13.4 Å². The van der Waals surface area contributed by atoms with Crippen molar-refractivity contribution in [3.63, 3.8) is 0 Å². The second-order valence-electron chi connectivity index (χ2n) is 8.03. The SMILES string of the molecule is O=c1c2c(ncn2Cc2ccco2)n(Cc2ccccc2)c(=O)n1Cc1cc(-c2ccco2)on1. The van der Waals surface area contributed by atoms with Crippen LogP contribution in [-0.2, 0) is 19.6 Å². The predicted octanol–water partition coefficient (Wildman–Crippen LogP) is 3.35. The topological polar surface area (TPSA) is 114 Å². The molecule has 1 aromatic carbocycles. The second-order valence-corrected chi connectivity index (χ2v) is 8.03. The van der Waals surface area contributed by atoms with Crippen molar-refractivity contribution in [2.75, 3.05) is 0 Å². The molecular weight excluding hydrogens is 450 g/mol. The van der Waals surface area contributed by atoms with Gasteiger partial charge in [-0.25, -0.2) is 9.78 Å². The first-order valence-electron chi connectivity index (χ1n) is 10.9. The molecule has 0 aliphatic heterocycles. The molecule has 5 heterocycles. The maximum Gasteiger partial charge on any atom is 0.333 e. The van der Waals surface area contributed by atoms with Crippen LogP contribution in [0.2, 0.25) is 0 Å². The Morgan fingerprint density at radius 2 is 1.63 bits per heavy atom. The van der Waals surface area contributed by atoms with Crippen LogP contribution in [0.1, 0.15) is 17.0 Å². The van der Waals surface area contributed by atoms with Gasteiger partial charge in [0.05, 0.1) is 38.5 Å². The van der Waals surface area contributed by atoms with Crippen molar-refractivity contribution in [2.45, 2.75) is 19.6 Å². The van der Waals surface area contributed by atoms with Gasteiger partial charge in [-0.05, 0) is 29.8 Å². The van der Waals surface area contributed by atoms with Gasteiger partial charge in [-0.2, -0.15) is 0 Å². The van der Waals surface area contributed by atoms with Crippen molar-refractivity contribution in [3.8, 4) is 11.5 Å². The molecule has 0 spiro atoms. The zero-order valence-corrected chi connectivity index (χ0v) is 18.4. The van der Waals surface area contributed by atoms with Crippen molar-refractivity contribution in [1.29, 1.82) is 0 Å². The molecule has 0 saturated heterocycles. The Labute approximate surface area is 197 Å². The average Bonchev–Trinajstić information content (AvgIpc) is 3.67. The highest BCUT2D eigenvalue weighted by Gasteiger charge is 2.20. The molecule has 0 aliphatic carbocycles. The highest BCUT2D eigenvalue weighted by Crippen LogP contribution is 2.21. The molecule has 0 saturated carbocycles. The predicted molar refractivity (Wildman–Crippen MR) is 125 cm³/mol. The van der Waals surface area contributed by atoms with Crippen molar-refractivity contribution in [1.82, 2.24) is 23.8 Å². The summed E-state index contributed by atoms with van der Waals surface area (Å²) in [5.74, 6) is 1.58. The number of aromatic nitrogens is 5. The summed E-state index contributed by atoms with van der Waals surface area (Å²) in [5.41, 5.74) is 0.967. The van der Waals surface area contributed by atoms with E-state index in [4.69, 9.17) is 13.4 Å². The van der Waals surface area contributed by atoms with Gasteiger partial charge in [-0.1, -0.05) is 35.5 Å². The molecule has 0 aliphatic rings. The van der Waals surface area contributed by atoms with Crippen LogP contribution < -0.4 is 11.2 Å². The summed E-state index contributed by atoms with van der Waals surface area (Å²) < 4.78 is 20.5. The first-order chi connectivity index (χ1) is 17.2. The quantitative estimate of drug-likeness (QED) is 0.352. The molecule has 0 amide bonds. The van der Waals surface area contributed by atoms with Gasteiger partial charge in [0.15, 0.2) is 16.9 Å². The van der Waals surface area contributed by atoms with Gasteiger partial charge in [-0.3, -0.25) is 13.9 Å². The van der Waals surface area contributed by atoms with E-state index in [9.17, 15) is 9.59 Å². The van der Waals surface area contributed by atoms with E-state index < -0.39 is 11.2 Å². The van der Waals surface area contributed by atoms with Gasteiger partial charge in [0, 0.05) is 6.07 Å². The molecule has 174 valence electrons. The number of benzene rings is 1. The van der Waals surface area contributed by atoms with Crippen LogP contribution in [0.4, 0.5) is 0 Å². The molecule has 0 atom stereocenters. The van der Waals surface area contributed by atoms with E-state index >= 15 is 0 Å². The lowest BCUT2D eigenvalue weighted by Gasteiger charge is -2.12. The Balaban J connectivity index is 1.48. The molecule has 0 bridgehead atoms. The lowest BCUT2D eigenvalue weighted by molar-refractivity contribution is 0.407. The molecule has 6 aromatic rings. The van der Waals surface area contributed by atoms with Crippen LogP contribution >= 0.6 is 0 Å². The maximum atomic E-state index is 13.6. The summed E-state index contributed by atoms with van der Waals surface area (Å²) in [4.78, 5) is 31.6. The number of hydrogen-bond donors (Lipinski definition) is 0. The summed E-state index contributed by atoms with van der Waals surface area (Å²) in [6.07, 6.45) is 4.64. The largest absolute Gasteiger partial charge is 0.467 e. The summed E-state index contributed by atoms with van der Waals surface area (Å²) in [6, 6.07) is 18.2. The van der Waals surface area contributed by atoms with Crippen LogP contribution in [0.25, 0.3) is 22.7 Å². The van der Waals surface area contributed by atoms with Gasteiger partial charge in [0.25, 0.3) is 5.56 Å². The summed E-state index contributed by atoms with van der Waals surface area (Å²) >= 11 is 0. The van der Waals surface area contributed by atoms with Gasteiger partial charge in [0.2, 0.25) is 5.76 Å². The third kappa shape index (κ3) is 3.80. The Morgan fingerprint density at radius 1 is 0.800 bits per heavy atom. The molecule has 6 rings (SSSR count). The van der Waals surface area contributed by atoms with E-state index in [1.54, 1.807) is 41.4 Å². The standard InChI is InChI=1S/C25H19N5O5/c31-24-22-23(26-16-28(22)15-19-8-4-10-33-19)29(13-17-6-2-1-3-7-17)25(32)30(24)14-18-12-21(35-27-18)20-9-5-11-34-20/h1-12,16H,13-15H2. The van der Waals surface area contributed by atoms with Crippen LogP contribution in [0.5, 0.6) is 0 Å². The van der Waals surface area contributed by atoms with Crippen molar-refractivity contribution in [2.24, 2.45) is 0 Å². The van der Waals surface area contributed by atoms with Crippen molar-refractivity contribution in [3.05, 3.63) is 117 Å². The van der Waals surface area contributed by atoms with E-state index in [2.05, 4.69) is 10.1 Å². The summed E-state index contributed by atoms with van der Waals surface area (Å²) in [7, 11) is 0. The number of nitrogens with zero attached hydrogens (tertiary/aromatic N) is 5. The summed E-state index contributed by atoms with van der Waals surface area (Å²) in [5, 5.41) is 4.03. The molecule has 35 heavy (non-hydrogen) atoms. The number of fused-ring (bicyclic) bond motifs is 1. The Hall–Kier alpha value is -4.86. The third-order valence-corrected chi connectivity index (χ3v) is 5.72. The Bertz CT molecular complexity index is 1700. The minimum Gasteiger partial charge on any atom is -0.467 e. The van der Waals surface area contributed by atoms with Gasteiger partial charge >= 0.3 is 5.69 Å². The highest BCUT2D eigenvalue weighted by molar-refractivity contribution is 5.70. The fourth-order valence-corrected chi connectivity index (χ4v) is 4.06. The Kier molecular flexibility index (Phi) is 5.03. The van der Waals surface area contributed by atoms with E-state index in [1.807, 2.05) is 36.4 Å². The number of rotatable bonds is 7. The first kappa shape index (κ1) is 20.7. The third-order valence-electron chi connectivity index (χ3n) is 5.72. The van der Waals surface area contributed by atoms with E-state index in [-0.39, 0.29) is 13.1 Å². The molecular formula is C25H19N5O5.